The number of benzene rings is 3. The number of nitrogen functional groups attached to an aromatic ring is 1. The fourth-order valence-corrected chi connectivity index (χ4v) is 8.66. The normalized spacial score (nSPS) is 18.7. The highest BCUT2D eigenvalue weighted by Crippen LogP contribution is 2.37. The fourth-order valence-electron chi connectivity index (χ4n) is 8.66. The van der Waals surface area contributed by atoms with Gasteiger partial charge in [-0.2, -0.15) is 5.10 Å². The van der Waals surface area contributed by atoms with E-state index in [4.69, 9.17) is 15.6 Å². The lowest BCUT2D eigenvalue weighted by Gasteiger charge is -2.55. The summed E-state index contributed by atoms with van der Waals surface area (Å²) in [5.74, 6) is 0.455. The molecule has 3 aromatic carbocycles. The third kappa shape index (κ3) is 6.65. The molecule has 15 heteroatoms. The summed E-state index contributed by atoms with van der Waals surface area (Å²) < 4.78 is 8.05. The number of aromatic nitrogens is 4. The number of carbonyl (C=O) groups excluding carboxylic acids is 4. The van der Waals surface area contributed by atoms with Crippen LogP contribution in [0.2, 0.25) is 0 Å². The van der Waals surface area contributed by atoms with Crippen molar-refractivity contribution < 1.29 is 23.9 Å². The van der Waals surface area contributed by atoms with Gasteiger partial charge in [0.05, 0.1) is 22.6 Å². The highest BCUT2D eigenvalue weighted by Gasteiger charge is 2.45. The lowest BCUT2D eigenvalue weighted by Crippen LogP contribution is -2.70. The van der Waals surface area contributed by atoms with E-state index in [0.29, 0.717) is 29.8 Å². The molecule has 6 heterocycles. The molecule has 15 nitrogen and oxygen atoms in total. The second-order valence-corrected chi connectivity index (χ2v) is 15.2. The van der Waals surface area contributed by atoms with Crippen LogP contribution in [0, 0.1) is 0 Å². The summed E-state index contributed by atoms with van der Waals surface area (Å²) >= 11 is 0. The van der Waals surface area contributed by atoms with Gasteiger partial charge in [-0.3, -0.25) is 29.1 Å². The molecule has 3 amide bonds. The van der Waals surface area contributed by atoms with Crippen molar-refractivity contribution in [2.45, 2.75) is 49.9 Å². The molecule has 0 bridgehead atoms. The zero-order chi connectivity index (χ0) is 39.2. The van der Waals surface area contributed by atoms with E-state index in [0.717, 1.165) is 96.5 Å². The predicted octanol–water partition coefficient (Wildman–Crippen LogP) is 3.77. The molecular weight excluding hydrogens is 725 g/mol. The van der Waals surface area contributed by atoms with Gasteiger partial charge in [-0.25, -0.2) is 14.6 Å². The smallest absolute Gasteiger partial charge is 0.262 e. The number of piperidine rings is 1. The van der Waals surface area contributed by atoms with Gasteiger partial charge in [-0.05, 0) is 73.9 Å². The van der Waals surface area contributed by atoms with Crippen LogP contribution in [0.25, 0.3) is 22.3 Å². The Morgan fingerprint density at radius 2 is 1.58 bits per heavy atom. The Labute approximate surface area is 329 Å². The van der Waals surface area contributed by atoms with Crippen LogP contribution < -0.4 is 20.7 Å². The molecule has 0 radical (unpaired) electrons. The summed E-state index contributed by atoms with van der Waals surface area (Å²) in [4.78, 5) is 67.5. The van der Waals surface area contributed by atoms with Crippen molar-refractivity contribution >= 4 is 46.5 Å². The number of hydrogen-bond donors (Lipinski definition) is 2. The first-order valence-corrected chi connectivity index (χ1v) is 19.5. The number of imide groups is 1. The summed E-state index contributed by atoms with van der Waals surface area (Å²) in [5.41, 5.74) is 10.3. The van der Waals surface area contributed by atoms with Gasteiger partial charge in [-0.15, -0.1) is 0 Å². The van der Waals surface area contributed by atoms with Gasteiger partial charge in [0.2, 0.25) is 5.91 Å². The summed E-state index contributed by atoms with van der Waals surface area (Å²) in [6, 6.07) is 22.9. The van der Waals surface area contributed by atoms with E-state index in [1.165, 1.54) is 13.4 Å². The highest BCUT2D eigenvalue weighted by molar-refractivity contribution is 6.23. The number of likely N-dealkylation sites (N-methyl/N-ethyl adjacent to an activating group) is 1. The molecule has 5 aromatic rings. The summed E-state index contributed by atoms with van der Waals surface area (Å²) in [6.45, 7) is 5.64. The van der Waals surface area contributed by atoms with Gasteiger partial charge < -0.3 is 25.5 Å². The predicted molar refractivity (Wildman–Crippen MR) is 213 cm³/mol. The van der Waals surface area contributed by atoms with Gasteiger partial charge in [-0.1, -0.05) is 18.2 Å². The third-order valence-electron chi connectivity index (χ3n) is 11.9. The number of para-hydroxylation sites is 1. The number of fused-ring (bicyclic) bond motifs is 2. The Bertz CT molecular complexity index is 2330. The lowest BCUT2D eigenvalue weighted by molar-refractivity contribution is -0.124. The van der Waals surface area contributed by atoms with Crippen LogP contribution in [0.4, 0.5) is 11.5 Å². The highest BCUT2D eigenvalue weighted by atomic mass is 16.5. The number of hydrogen-bond acceptors (Lipinski definition) is 12. The Morgan fingerprint density at radius 1 is 0.877 bits per heavy atom. The summed E-state index contributed by atoms with van der Waals surface area (Å²) in [7, 11) is 1.45. The van der Waals surface area contributed by atoms with E-state index >= 15 is 0 Å². The van der Waals surface area contributed by atoms with Crippen LogP contribution >= 0.6 is 0 Å². The molecule has 1 unspecified atom stereocenters. The van der Waals surface area contributed by atoms with E-state index < -0.39 is 23.8 Å². The Balaban J connectivity index is 0.791. The molecule has 9 rings (SSSR count). The van der Waals surface area contributed by atoms with E-state index in [1.54, 1.807) is 12.1 Å². The van der Waals surface area contributed by atoms with Crippen molar-refractivity contribution in [2.24, 2.45) is 0 Å². The number of amides is 3. The van der Waals surface area contributed by atoms with Crippen molar-refractivity contribution in [3.05, 3.63) is 90.3 Å². The molecule has 3 saturated heterocycles. The van der Waals surface area contributed by atoms with Crippen molar-refractivity contribution in [1.82, 2.24) is 39.8 Å². The van der Waals surface area contributed by atoms with Gasteiger partial charge in [0.25, 0.3) is 11.8 Å². The molecular formula is C42H44N10O5. The van der Waals surface area contributed by atoms with Crippen LogP contribution in [0.1, 0.15) is 52.4 Å². The van der Waals surface area contributed by atoms with Gasteiger partial charge in [0.15, 0.2) is 5.65 Å². The second kappa shape index (κ2) is 15.0. The average molecular weight is 769 g/mol. The van der Waals surface area contributed by atoms with Crippen LogP contribution in [-0.2, 0) is 9.59 Å². The van der Waals surface area contributed by atoms with Gasteiger partial charge >= 0.3 is 0 Å². The maximum Gasteiger partial charge on any atom is 0.262 e. The quantitative estimate of drug-likeness (QED) is 0.139. The zero-order valence-electron chi connectivity index (χ0n) is 31.7. The van der Waals surface area contributed by atoms with Crippen LogP contribution in [0.5, 0.6) is 11.5 Å². The number of carbonyl (C=O) groups is 4. The fraction of sp³-hybridized carbons (Fsp3) is 0.357. The first kappa shape index (κ1) is 36.4. The molecule has 0 saturated carbocycles. The lowest BCUT2D eigenvalue weighted by atomic mass is 9.95. The number of anilines is 2. The number of nitrogens with two attached hydrogens (primary N) is 1. The van der Waals surface area contributed by atoms with Crippen molar-refractivity contribution in [2.75, 3.05) is 56.9 Å². The maximum absolute atomic E-state index is 13.4. The SMILES string of the molecule is CNC(=O)C(CCC=O)N1C(=O)c2ccc(N3CC(N4CC(N5CCC(n6nc(-c7ccc(Oc8ccccc8)cc7)c7c(N)ncnc76)CC5)C4)C3)cc2C1=O. The number of ether oxygens (including phenoxy) is 1. The Morgan fingerprint density at radius 3 is 2.30 bits per heavy atom. The molecule has 3 fully saturated rings. The first-order chi connectivity index (χ1) is 27.8. The molecule has 3 N–H and O–H groups in total. The van der Waals surface area contributed by atoms with E-state index in [9.17, 15) is 19.2 Å². The summed E-state index contributed by atoms with van der Waals surface area (Å²) in [5, 5.41) is 8.38. The van der Waals surface area contributed by atoms with Crippen molar-refractivity contribution in [3.63, 3.8) is 0 Å². The minimum atomic E-state index is -1.03. The first-order valence-electron chi connectivity index (χ1n) is 19.5. The minimum absolute atomic E-state index is 0.0697. The number of aldehydes is 1. The van der Waals surface area contributed by atoms with Crippen LogP contribution in [0.3, 0.4) is 0 Å². The number of nitrogens with one attached hydrogen (secondary N) is 1. The standard InChI is InChI=1S/C42H44N10O5/c1-44-40(54)35(8-5-19-53)51-41(55)33-14-11-28(20-34(33)42(51)56)49-23-30(24-49)50-21-29(22-50)48-17-15-27(16-18-48)52-39-36(38(43)45-25-46-39)37(47-52)26-9-12-32(13-10-26)57-31-6-3-2-4-7-31/h2-4,6-7,9-14,19-20,25,27,29-30,35H,5,8,15-18,21-24H2,1H3,(H,44,54)(H2,43,45,46). The van der Waals surface area contributed by atoms with E-state index in [1.807, 2.05) is 60.7 Å². The summed E-state index contributed by atoms with van der Waals surface area (Å²) in [6.07, 6.45) is 4.26. The zero-order valence-corrected chi connectivity index (χ0v) is 31.7. The third-order valence-corrected chi connectivity index (χ3v) is 11.9. The monoisotopic (exact) mass is 768 g/mol. The van der Waals surface area contributed by atoms with Crippen molar-refractivity contribution in [1.29, 1.82) is 0 Å². The molecule has 57 heavy (non-hydrogen) atoms. The molecule has 4 aliphatic rings. The van der Waals surface area contributed by atoms with Crippen molar-refractivity contribution in [3.8, 4) is 22.8 Å². The molecule has 1 atom stereocenters. The van der Waals surface area contributed by atoms with Crippen LogP contribution in [0.15, 0.2) is 79.1 Å². The number of nitrogens with zero attached hydrogens (tertiary/aromatic N) is 8. The van der Waals surface area contributed by atoms with Gasteiger partial charge in [0, 0.05) is 76.1 Å². The largest absolute Gasteiger partial charge is 0.457 e. The minimum Gasteiger partial charge on any atom is -0.457 e. The number of rotatable bonds is 12. The Hall–Kier alpha value is -6.19. The van der Waals surface area contributed by atoms with Gasteiger partial charge in [0.1, 0.15) is 41.7 Å². The number of likely N-dealkylation sites (tertiary alicyclic amines) is 2. The van der Waals surface area contributed by atoms with Crippen LogP contribution in [-0.4, -0.2) is 123 Å². The molecule has 0 spiro atoms. The van der Waals surface area contributed by atoms with E-state index in [-0.39, 0.29) is 24.4 Å². The Kier molecular flexibility index (Phi) is 9.62. The van der Waals surface area contributed by atoms with E-state index in [2.05, 4.69) is 34.7 Å². The average Bonchev–Trinajstić information content (AvgIpc) is 3.71. The molecule has 2 aromatic heterocycles. The molecule has 4 aliphatic heterocycles. The molecule has 0 aliphatic carbocycles. The second-order valence-electron chi connectivity index (χ2n) is 15.2. The topological polar surface area (TPSA) is 172 Å². The molecule has 292 valence electrons. The maximum atomic E-state index is 13.4.